The molecule has 2 aliphatic rings. The molecule has 0 aromatic carbocycles. The van der Waals surface area contributed by atoms with Gasteiger partial charge >= 0.3 is 0 Å². The molecule has 0 bridgehead atoms. The van der Waals surface area contributed by atoms with Crippen LogP contribution in [0.25, 0.3) is 0 Å². The van der Waals surface area contributed by atoms with E-state index in [4.69, 9.17) is 0 Å². The number of carbonyl (C=O) groups is 1. The highest BCUT2D eigenvalue weighted by atomic mass is 32.2. The summed E-state index contributed by atoms with van der Waals surface area (Å²) in [6.07, 6.45) is 7.14. The topological polar surface area (TPSA) is 84.3 Å². The van der Waals surface area contributed by atoms with E-state index in [2.05, 4.69) is 31.2 Å². The van der Waals surface area contributed by atoms with E-state index in [1.165, 1.54) is 10.5 Å². The van der Waals surface area contributed by atoms with Crippen molar-refractivity contribution in [2.24, 2.45) is 24.3 Å². The van der Waals surface area contributed by atoms with Gasteiger partial charge in [-0.2, -0.15) is 9.40 Å². The molecule has 1 saturated carbocycles. The number of rotatable bonds is 4. The van der Waals surface area contributed by atoms with Crippen LogP contribution in [0.1, 0.15) is 65.0 Å². The summed E-state index contributed by atoms with van der Waals surface area (Å²) in [5.74, 6) is 0.427. The molecule has 7 nitrogen and oxygen atoms in total. The van der Waals surface area contributed by atoms with Gasteiger partial charge in [0.25, 0.3) is 0 Å². The molecule has 29 heavy (non-hydrogen) atoms. The molecule has 0 radical (unpaired) electrons. The number of nitrogens with one attached hydrogen (secondary N) is 1. The SMILES string of the molecule is Cc1c(S(=O)(=O)N2CCCC(C(=O)NC3CCC(C(C)(C)C)CC3)C2)cnn1C. The van der Waals surface area contributed by atoms with Crippen LogP contribution in [0.15, 0.2) is 11.1 Å². The standard InChI is InChI=1S/C21H36N4O3S/c1-15-19(13-22-24(15)5)29(27,28)25-12-6-7-16(14-25)20(26)23-18-10-8-17(9-11-18)21(2,3)4/h13,16-18H,6-12,14H2,1-5H3,(H,23,26). The van der Waals surface area contributed by atoms with Crippen molar-refractivity contribution >= 4 is 15.9 Å². The van der Waals surface area contributed by atoms with Gasteiger partial charge in [-0.1, -0.05) is 20.8 Å². The van der Waals surface area contributed by atoms with Gasteiger partial charge in [-0.15, -0.1) is 0 Å². The summed E-state index contributed by atoms with van der Waals surface area (Å²) < 4.78 is 29.1. The van der Waals surface area contributed by atoms with E-state index < -0.39 is 10.0 Å². The van der Waals surface area contributed by atoms with E-state index in [1.54, 1.807) is 18.7 Å². The van der Waals surface area contributed by atoms with Gasteiger partial charge in [0.1, 0.15) is 4.90 Å². The Morgan fingerprint density at radius 2 is 1.83 bits per heavy atom. The van der Waals surface area contributed by atoms with Gasteiger partial charge in [0, 0.05) is 26.2 Å². The smallest absolute Gasteiger partial charge is 0.246 e. The summed E-state index contributed by atoms with van der Waals surface area (Å²) in [5, 5.41) is 7.27. The predicted octanol–water partition coefficient (Wildman–Crippen LogP) is 2.85. The lowest BCUT2D eigenvalue weighted by molar-refractivity contribution is -0.127. The number of aromatic nitrogens is 2. The lowest BCUT2D eigenvalue weighted by Gasteiger charge is -2.38. The Kier molecular flexibility index (Phi) is 6.44. The highest BCUT2D eigenvalue weighted by Gasteiger charge is 2.36. The van der Waals surface area contributed by atoms with Gasteiger partial charge in [-0.05, 0) is 56.8 Å². The Balaban J connectivity index is 1.59. The van der Waals surface area contributed by atoms with Crippen LogP contribution in [0, 0.1) is 24.2 Å². The monoisotopic (exact) mass is 424 g/mol. The van der Waals surface area contributed by atoms with E-state index in [0.717, 1.165) is 32.1 Å². The van der Waals surface area contributed by atoms with Crippen molar-refractivity contribution in [1.29, 1.82) is 0 Å². The highest BCUT2D eigenvalue weighted by molar-refractivity contribution is 7.89. The number of hydrogen-bond donors (Lipinski definition) is 1. The number of hydrogen-bond acceptors (Lipinski definition) is 4. The molecule has 1 atom stereocenters. The van der Waals surface area contributed by atoms with E-state index in [9.17, 15) is 13.2 Å². The molecule has 164 valence electrons. The van der Waals surface area contributed by atoms with Crippen LogP contribution in [0.4, 0.5) is 0 Å². The number of sulfonamides is 1. The highest BCUT2D eigenvalue weighted by Crippen LogP contribution is 2.38. The summed E-state index contributed by atoms with van der Waals surface area (Å²) in [4.78, 5) is 13.1. The van der Waals surface area contributed by atoms with Crippen LogP contribution in [-0.4, -0.2) is 47.5 Å². The van der Waals surface area contributed by atoms with Gasteiger partial charge in [-0.25, -0.2) is 8.42 Å². The molecule has 1 aromatic heterocycles. The van der Waals surface area contributed by atoms with Crippen molar-refractivity contribution in [3.63, 3.8) is 0 Å². The molecule has 0 spiro atoms. The van der Waals surface area contributed by atoms with Crippen molar-refractivity contribution < 1.29 is 13.2 Å². The normalized spacial score (nSPS) is 27.0. The fraction of sp³-hybridized carbons (Fsp3) is 0.810. The van der Waals surface area contributed by atoms with Crippen molar-refractivity contribution in [3.8, 4) is 0 Å². The van der Waals surface area contributed by atoms with Crippen LogP contribution in [0.3, 0.4) is 0 Å². The average molecular weight is 425 g/mol. The zero-order chi connectivity index (χ0) is 21.4. The van der Waals surface area contributed by atoms with Gasteiger partial charge in [0.05, 0.1) is 17.8 Å². The van der Waals surface area contributed by atoms with Crippen LogP contribution in [-0.2, 0) is 21.9 Å². The second-order valence-electron chi connectivity index (χ2n) is 9.84. The Labute approximate surface area is 175 Å². The maximum atomic E-state index is 13.1. The summed E-state index contributed by atoms with van der Waals surface area (Å²) in [6, 6.07) is 0.216. The summed E-state index contributed by atoms with van der Waals surface area (Å²) >= 11 is 0. The van der Waals surface area contributed by atoms with Gasteiger partial charge < -0.3 is 5.32 Å². The third-order valence-corrected chi connectivity index (χ3v) is 8.83. The molecule has 1 aromatic rings. The molecular weight excluding hydrogens is 388 g/mol. The second kappa shape index (κ2) is 8.38. The van der Waals surface area contributed by atoms with Gasteiger partial charge in [0.2, 0.25) is 15.9 Å². The Bertz CT molecular complexity index is 833. The summed E-state index contributed by atoms with van der Waals surface area (Å²) in [7, 11) is -1.89. The van der Waals surface area contributed by atoms with E-state index in [1.807, 2.05) is 0 Å². The average Bonchev–Trinajstić information content (AvgIpc) is 3.01. The first-order chi connectivity index (χ1) is 13.5. The molecule has 1 aliphatic heterocycles. The first-order valence-electron chi connectivity index (χ1n) is 10.8. The molecule has 1 N–H and O–H groups in total. The Hall–Kier alpha value is -1.41. The number of aryl methyl sites for hydroxylation is 1. The molecular formula is C21H36N4O3S. The van der Waals surface area contributed by atoms with Crippen molar-refractivity contribution in [2.75, 3.05) is 13.1 Å². The molecule has 1 aliphatic carbocycles. The zero-order valence-electron chi connectivity index (χ0n) is 18.4. The largest absolute Gasteiger partial charge is 0.353 e. The van der Waals surface area contributed by atoms with E-state index >= 15 is 0 Å². The number of amides is 1. The number of carbonyl (C=O) groups excluding carboxylic acids is 1. The van der Waals surface area contributed by atoms with Gasteiger partial charge in [0.15, 0.2) is 0 Å². The molecule has 8 heteroatoms. The van der Waals surface area contributed by atoms with Crippen LogP contribution >= 0.6 is 0 Å². The predicted molar refractivity (Wildman–Crippen MR) is 113 cm³/mol. The number of nitrogens with zero attached hydrogens (tertiary/aromatic N) is 3. The molecule has 1 amide bonds. The second-order valence-corrected chi connectivity index (χ2v) is 11.7. The lowest BCUT2D eigenvalue weighted by Crippen LogP contribution is -2.48. The van der Waals surface area contributed by atoms with Crippen molar-refractivity contribution in [3.05, 3.63) is 11.9 Å². The third-order valence-electron chi connectivity index (χ3n) is 6.86. The van der Waals surface area contributed by atoms with Crippen LogP contribution in [0.2, 0.25) is 0 Å². The van der Waals surface area contributed by atoms with E-state index in [0.29, 0.717) is 30.0 Å². The van der Waals surface area contributed by atoms with Crippen LogP contribution in [0.5, 0.6) is 0 Å². The zero-order valence-corrected chi connectivity index (χ0v) is 19.3. The Morgan fingerprint density at radius 1 is 1.17 bits per heavy atom. The fourth-order valence-electron chi connectivity index (χ4n) is 4.67. The minimum Gasteiger partial charge on any atom is -0.353 e. The first-order valence-corrected chi connectivity index (χ1v) is 12.2. The molecule has 2 heterocycles. The molecule has 2 fully saturated rings. The first kappa shape index (κ1) is 22.3. The van der Waals surface area contributed by atoms with Crippen molar-refractivity contribution in [2.45, 2.75) is 77.2 Å². The number of piperidine rings is 1. The molecule has 1 unspecified atom stereocenters. The minimum atomic E-state index is -3.63. The van der Waals surface area contributed by atoms with Crippen LogP contribution < -0.4 is 5.32 Å². The Morgan fingerprint density at radius 3 is 2.38 bits per heavy atom. The minimum absolute atomic E-state index is 0.00650. The fourth-order valence-corrected chi connectivity index (χ4v) is 6.38. The van der Waals surface area contributed by atoms with E-state index in [-0.39, 0.29) is 29.3 Å². The quantitative estimate of drug-likeness (QED) is 0.805. The lowest BCUT2D eigenvalue weighted by atomic mass is 9.71. The summed E-state index contributed by atoms with van der Waals surface area (Å²) in [6.45, 7) is 9.33. The van der Waals surface area contributed by atoms with Gasteiger partial charge in [-0.3, -0.25) is 9.48 Å². The third kappa shape index (κ3) is 4.85. The summed E-state index contributed by atoms with van der Waals surface area (Å²) in [5.41, 5.74) is 0.935. The molecule has 3 rings (SSSR count). The maximum absolute atomic E-state index is 13.1. The maximum Gasteiger partial charge on any atom is 0.246 e. The van der Waals surface area contributed by atoms with Crippen molar-refractivity contribution in [1.82, 2.24) is 19.4 Å². The molecule has 1 saturated heterocycles.